The number of halogens is 1. The van der Waals surface area contributed by atoms with Gasteiger partial charge in [-0.15, -0.1) is 70.6 Å². The SMILES string of the molecule is CCCCCCCCCCC12SC3(CCCCCCCCCC)SC(CCCCCCCCCC)(S1)SC(CCCCCCCCCCBr)(S2)S3. The number of rotatable bonds is 37. The van der Waals surface area contributed by atoms with Crippen molar-refractivity contribution in [2.24, 2.45) is 0 Å². The fourth-order valence-corrected chi connectivity index (χ4v) is 30.4. The molecule has 4 aliphatic heterocycles. The second-order valence-electron chi connectivity index (χ2n) is 16.3. The molecule has 0 spiro atoms. The predicted molar refractivity (Wildman–Crippen MR) is 253 cm³/mol. The second-order valence-corrected chi connectivity index (χ2v) is 29.8. The molecule has 4 saturated heterocycles. The molecule has 0 unspecified atom stereocenters. The van der Waals surface area contributed by atoms with Gasteiger partial charge in [0.05, 0.1) is 0 Å². The minimum atomic E-state index is 0.387. The lowest BCUT2D eigenvalue weighted by molar-refractivity contribution is 0.558. The van der Waals surface area contributed by atoms with Crippen LogP contribution in [0, 0.1) is 0 Å². The summed E-state index contributed by atoms with van der Waals surface area (Å²) in [5.41, 5.74) is 0. The van der Waals surface area contributed by atoms with Gasteiger partial charge in [0.15, 0.2) is 0 Å². The highest BCUT2D eigenvalue weighted by molar-refractivity contribution is 9.09. The van der Waals surface area contributed by atoms with Crippen LogP contribution in [-0.2, 0) is 0 Å². The number of thioether (sulfide) groups is 6. The van der Waals surface area contributed by atoms with Gasteiger partial charge in [0.25, 0.3) is 0 Å². The molecule has 0 saturated carbocycles. The monoisotopic (exact) mass is 882 g/mol. The van der Waals surface area contributed by atoms with E-state index in [4.69, 9.17) is 0 Å². The Hall–Kier alpha value is 2.58. The Morgan fingerprint density at radius 1 is 0.255 bits per heavy atom. The van der Waals surface area contributed by atoms with Crippen LogP contribution in [0.4, 0.5) is 0 Å². The summed E-state index contributed by atoms with van der Waals surface area (Å²) in [5.74, 6) is 0. The average Bonchev–Trinajstić information content (AvgIpc) is 3.10. The third kappa shape index (κ3) is 19.3. The first-order valence-corrected chi connectivity index (χ1v) is 28.8. The zero-order chi connectivity index (χ0) is 36.4. The van der Waals surface area contributed by atoms with Gasteiger partial charge in [0.1, 0.15) is 13.6 Å². The van der Waals surface area contributed by atoms with Crippen molar-refractivity contribution in [3.8, 4) is 0 Å². The normalized spacial score (nSPS) is 26.8. The van der Waals surface area contributed by atoms with Gasteiger partial charge < -0.3 is 0 Å². The van der Waals surface area contributed by atoms with Gasteiger partial charge in [0.2, 0.25) is 0 Å². The molecule has 0 aromatic heterocycles. The van der Waals surface area contributed by atoms with Crippen LogP contribution < -0.4 is 0 Å². The van der Waals surface area contributed by atoms with Gasteiger partial charge in [-0.1, -0.05) is 236 Å². The maximum atomic E-state index is 3.61. The number of hydrogen-bond acceptors (Lipinski definition) is 6. The second kappa shape index (κ2) is 28.9. The topological polar surface area (TPSA) is 0 Å². The van der Waals surface area contributed by atoms with Gasteiger partial charge in [-0.3, -0.25) is 0 Å². The van der Waals surface area contributed by atoms with Crippen LogP contribution in [-0.4, -0.2) is 19.0 Å². The van der Waals surface area contributed by atoms with E-state index in [1.165, 1.54) is 236 Å². The standard InChI is InChI=1S/C44H83BrS6/c1-4-7-10-13-16-21-26-31-36-41-46-42(37-32-27-22-17-14-11-8-5-2)48-43(47-41,38-33-28-23-18-15-12-9-6-3)51-44(49-41,50-42)39-34-29-24-19-20-25-30-35-40-45/h4-40H2,1-3H3. The van der Waals surface area contributed by atoms with Crippen LogP contribution in [0.5, 0.6) is 0 Å². The summed E-state index contributed by atoms with van der Waals surface area (Å²) in [6.07, 6.45) is 51.9. The summed E-state index contributed by atoms with van der Waals surface area (Å²) in [6.45, 7) is 7.03. The zero-order valence-corrected chi connectivity index (χ0v) is 40.5. The molecule has 302 valence electrons. The largest absolute Gasteiger partial charge is 0.113 e. The summed E-state index contributed by atoms with van der Waals surface area (Å²) in [7, 11) is 0. The maximum absolute atomic E-state index is 3.61. The van der Waals surface area contributed by atoms with E-state index in [-0.39, 0.29) is 0 Å². The van der Waals surface area contributed by atoms with E-state index in [1.807, 2.05) is 0 Å². The molecule has 4 rings (SSSR count). The van der Waals surface area contributed by atoms with Crippen molar-refractivity contribution >= 4 is 86.5 Å². The molecule has 0 atom stereocenters. The van der Waals surface area contributed by atoms with E-state index in [2.05, 4.69) is 107 Å². The molecule has 0 aromatic carbocycles. The van der Waals surface area contributed by atoms with Crippen molar-refractivity contribution in [1.82, 2.24) is 0 Å². The van der Waals surface area contributed by atoms with Crippen LogP contribution in [0.2, 0.25) is 0 Å². The lowest BCUT2D eigenvalue weighted by Gasteiger charge is -2.67. The number of alkyl halides is 1. The molecule has 0 N–H and O–H groups in total. The smallest absolute Gasteiger partial charge is 0.104 e. The predicted octanol–water partition coefficient (Wildman–Crippen LogP) is 19.5. The van der Waals surface area contributed by atoms with Crippen molar-refractivity contribution < 1.29 is 0 Å². The van der Waals surface area contributed by atoms with Gasteiger partial charge in [-0.25, -0.2) is 0 Å². The highest BCUT2D eigenvalue weighted by Gasteiger charge is 2.71. The van der Waals surface area contributed by atoms with Gasteiger partial charge in [-0.05, 0) is 32.1 Å². The Bertz CT molecular complexity index is 744. The van der Waals surface area contributed by atoms with Crippen LogP contribution in [0.25, 0.3) is 0 Å². The summed E-state index contributed by atoms with van der Waals surface area (Å²) in [5, 5.41) is 1.18. The zero-order valence-electron chi connectivity index (χ0n) is 34.0. The molecule has 0 aliphatic carbocycles. The van der Waals surface area contributed by atoms with Crippen molar-refractivity contribution in [2.45, 2.75) is 266 Å². The molecular formula is C44H83BrS6. The third-order valence-electron chi connectivity index (χ3n) is 11.2. The first kappa shape index (κ1) is 48.0. The van der Waals surface area contributed by atoms with E-state index in [1.54, 1.807) is 0 Å². The van der Waals surface area contributed by atoms with E-state index < -0.39 is 0 Å². The molecule has 0 aromatic rings. The van der Waals surface area contributed by atoms with E-state index in [0.29, 0.717) is 13.6 Å². The summed E-state index contributed by atoms with van der Waals surface area (Å²) in [4.78, 5) is 0. The lowest BCUT2D eigenvalue weighted by Crippen LogP contribution is -2.53. The van der Waals surface area contributed by atoms with E-state index in [9.17, 15) is 0 Å². The van der Waals surface area contributed by atoms with Crippen LogP contribution in [0.15, 0.2) is 0 Å². The van der Waals surface area contributed by atoms with Crippen LogP contribution >= 0.6 is 86.5 Å². The molecule has 4 heterocycles. The molecule has 51 heavy (non-hydrogen) atoms. The molecule has 4 aliphatic rings. The summed E-state index contributed by atoms with van der Waals surface area (Å²) >= 11 is 18.6. The Morgan fingerprint density at radius 2 is 0.431 bits per heavy atom. The molecule has 0 nitrogen and oxygen atoms in total. The number of unbranched alkanes of at least 4 members (excludes halogenated alkanes) is 28. The molecule has 0 amide bonds. The van der Waals surface area contributed by atoms with E-state index >= 15 is 0 Å². The average molecular weight is 884 g/mol. The van der Waals surface area contributed by atoms with Crippen molar-refractivity contribution in [3.63, 3.8) is 0 Å². The van der Waals surface area contributed by atoms with Crippen molar-refractivity contribution in [1.29, 1.82) is 0 Å². The van der Waals surface area contributed by atoms with Gasteiger partial charge in [-0.2, -0.15) is 0 Å². The summed E-state index contributed by atoms with van der Waals surface area (Å²) < 4.78 is 1.55. The highest BCUT2D eigenvalue weighted by Crippen LogP contribution is 2.91. The quantitative estimate of drug-likeness (QED) is 0.0447. The Morgan fingerprint density at radius 3 is 0.627 bits per heavy atom. The van der Waals surface area contributed by atoms with Crippen molar-refractivity contribution in [2.75, 3.05) is 5.33 Å². The van der Waals surface area contributed by atoms with Crippen molar-refractivity contribution in [3.05, 3.63) is 0 Å². The summed E-state index contributed by atoms with van der Waals surface area (Å²) in [6, 6.07) is 0. The van der Waals surface area contributed by atoms with E-state index in [0.717, 1.165) is 0 Å². The van der Waals surface area contributed by atoms with Gasteiger partial charge in [0, 0.05) is 5.33 Å². The molecule has 4 bridgehead atoms. The van der Waals surface area contributed by atoms with Crippen LogP contribution in [0.1, 0.15) is 252 Å². The maximum Gasteiger partial charge on any atom is 0.113 e. The molecule has 4 fully saturated rings. The van der Waals surface area contributed by atoms with Gasteiger partial charge >= 0.3 is 0 Å². The molecule has 0 radical (unpaired) electrons. The Labute approximate surface area is 354 Å². The Balaban J connectivity index is 1.65. The fourth-order valence-electron chi connectivity index (χ4n) is 8.21. The lowest BCUT2D eigenvalue weighted by atomic mass is 10.1. The van der Waals surface area contributed by atoms with Crippen LogP contribution in [0.3, 0.4) is 0 Å². The third-order valence-corrected chi connectivity index (χ3v) is 24.0. The minimum absolute atomic E-state index is 0.387. The highest BCUT2D eigenvalue weighted by atomic mass is 79.9. The molecular weight excluding hydrogens is 801 g/mol. The first-order valence-electron chi connectivity index (χ1n) is 22.8. The molecule has 7 heteroatoms. The Kier molecular flexibility index (Phi) is 27.2. The first-order chi connectivity index (χ1) is 25.0. The minimum Gasteiger partial charge on any atom is -0.104 e. The fraction of sp³-hybridized carbons (Fsp3) is 1.00. The number of hydrogen-bond donors (Lipinski definition) is 0.